The van der Waals surface area contributed by atoms with E-state index in [4.69, 9.17) is 9.05 Å². The van der Waals surface area contributed by atoms with Gasteiger partial charge in [-0.25, -0.2) is 0 Å². The van der Waals surface area contributed by atoms with Gasteiger partial charge in [-0.15, -0.1) is 0 Å². The van der Waals surface area contributed by atoms with Crippen molar-refractivity contribution in [2.75, 3.05) is 13.2 Å². The van der Waals surface area contributed by atoms with Crippen LogP contribution in [-0.4, -0.2) is 13.2 Å². The molecule has 0 aliphatic heterocycles. The Hall–Kier alpha value is -0.780. The van der Waals surface area contributed by atoms with Gasteiger partial charge in [-0.2, -0.15) is 0 Å². The van der Waals surface area contributed by atoms with Crippen LogP contribution in [0.1, 0.15) is 13.8 Å². The Balaban J connectivity index is 2.38. The van der Waals surface area contributed by atoms with Crippen LogP contribution < -0.4 is 10.6 Å². The summed E-state index contributed by atoms with van der Waals surface area (Å²) in [5.41, 5.74) is 0. The van der Waals surface area contributed by atoms with Crippen molar-refractivity contribution in [2.45, 2.75) is 13.8 Å². The molecule has 2 aromatic carbocycles. The third-order valence-corrected chi connectivity index (χ3v) is 8.56. The first-order valence-electron chi connectivity index (χ1n) is 6.83. The number of hydrogen-bond donors (Lipinski definition) is 0. The van der Waals surface area contributed by atoms with Gasteiger partial charge in [0.15, 0.2) is 0 Å². The van der Waals surface area contributed by atoms with Gasteiger partial charge in [-0.3, -0.25) is 0 Å². The number of rotatable bonds is 7. The standard InChI is InChI=1S/C16H20O2P2/c1-3-17-20(18-4-2)19(15-11-7-5-8-12-15)16-13-9-6-10-14-16/h5-14H,3-4H2,1-2H3. The first-order chi connectivity index (χ1) is 9.86. The quantitative estimate of drug-likeness (QED) is 0.705. The summed E-state index contributed by atoms with van der Waals surface area (Å²) >= 11 is 0. The number of hydrogen-bond acceptors (Lipinski definition) is 2. The fourth-order valence-corrected chi connectivity index (χ4v) is 7.50. The zero-order valence-corrected chi connectivity index (χ0v) is 13.7. The van der Waals surface area contributed by atoms with E-state index < -0.39 is 15.7 Å². The first-order valence-corrected chi connectivity index (χ1v) is 10.1. The van der Waals surface area contributed by atoms with Gasteiger partial charge in [-0.05, 0) is 24.5 Å². The van der Waals surface area contributed by atoms with E-state index in [0.29, 0.717) is 13.2 Å². The Morgan fingerprint density at radius 3 is 1.45 bits per heavy atom. The van der Waals surface area contributed by atoms with Gasteiger partial charge < -0.3 is 9.05 Å². The molecule has 0 aliphatic carbocycles. The van der Waals surface area contributed by atoms with Crippen LogP contribution in [0, 0.1) is 0 Å². The second-order valence-electron chi connectivity index (χ2n) is 4.06. The maximum Gasteiger partial charge on any atom is 0.204 e. The van der Waals surface area contributed by atoms with Crippen molar-refractivity contribution >= 4 is 26.3 Å². The lowest BCUT2D eigenvalue weighted by Gasteiger charge is -2.26. The monoisotopic (exact) mass is 306 g/mol. The summed E-state index contributed by atoms with van der Waals surface area (Å²) in [7, 11) is -1.52. The minimum absolute atomic E-state index is 0.606. The lowest BCUT2D eigenvalue weighted by atomic mass is 10.4. The second kappa shape index (κ2) is 8.49. The van der Waals surface area contributed by atoms with E-state index >= 15 is 0 Å². The molecule has 106 valence electrons. The van der Waals surface area contributed by atoms with Crippen LogP contribution in [0.4, 0.5) is 0 Å². The molecule has 0 unspecified atom stereocenters. The van der Waals surface area contributed by atoms with Crippen molar-refractivity contribution in [1.82, 2.24) is 0 Å². The summed E-state index contributed by atoms with van der Waals surface area (Å²) in [6.45, 7) is 5.42. The highest BCUT2D eigenvalue weighted by atomic mass is 32.1. The molecule has 0 saturated carbocycles. The Bertz CT molecular complexity index is 445. The Kier molecular flexibility index (Phi) is 6.63. The predicted octanol–water partition coefficient (Wildman–Crippen LogP) is 4.42. The molecule has 2 rings (SSSR count). The Morgan fingerprint density at radius 1 is 0.700 bits per heavy atom. The Morgan fingerprint density at radius 2 is 1.10 bits per heavy atom. The minimum Gasteiger partial charge on any atom is -0.331 e. The molecule has 0 heterocycles. The van der Waals surface area contributed by atoms with Gasteiger partial charge in [0.2, 0.25) is 8.06 Å². The molecular weight excluding hydrogens is 286 g/mol. The first kappa shape index (κ1) is 15.6. The maximum absolute atomic E-state index is 5.92. The summed E-state index contributed by atoms with van der Waals surface area (Å²) in [6, 6.07) is 21.1. The average molecular weight is 306 g/mol. The van der Waals surface area contributed by atoms with Crippen molar-refractivity contribution in [2.24, 2.45) is 0 Å². The zero-order chi connectivity index (χ0) is 14.2. The van der Waals surface area contributed by atoms with E-state index in [-0.39, 0.29) is 0 Å². The topological polar surface area (TPSA) is 18.5 Å². The third-order valence-electron chi connectivity index (χ3n) is 2.64. The molecule has 0 fully saturated rings. The summed E-state index contributed by atoms with van der Waals surface area (Å²) in [4.78, 5) is 0. The van der Waals surface area contributed by atoms with Crippen molar-refractivity contribution in [3.05, 3.63) is 60.7 Å². The predicted molar refractivity (Wildman–Crippen MR) is 89.2 cm³/mol. The summed E-state index contributed by atoms with van der Waals surface area (Å²) in [5.74, 6) is 0. The lowest BCUT2D eigenvalue weighted by molar-refractivity contribution is 0.282. The molecule has 0 spiro atoms. The van der Waals surface area contributed by atoms with E-state index in [9.17, 15) is 0 Å². The van der Waals surface area contributed by atoms with Gasteiger partial charge in [0.1, 0.15) is 0 Å². The Labute approximate surface area is 123 Å². The molecule has 0 aromatic heterocycles. The molecule has 0 saturated heterocycles. The van der Waals surface area contributed by atoms with E-state index in [0.717, 1.165) is 0 Å². The molecule has 2 nitrogen and oxygen atoms in total. The van der Waals surface area contributed by atoms with Crippen LogP contribution in [0.3, 0.4) is 0 Å². The zero-order valence-electron chi connectivity index (χ0n) is 11.9. The summed E-state index contributed by atoms with van der Waals surface area (Å²) in [6.07, 6.45) is 0. The fraction of sp³-hybridized carbons (Fsp3) is 0.250. The van der Waals surface area contributed by atoms with Gasteiger partial charge in [-0.1, -0.05) is 60.7 Å². The van der Waals surface area contributed by atoms with Gasteiger partial charge in [0.05, 0.1) is 13.2 Å². The fourth-order valence-electron chi connectivity index (χ4n) is 1.85. The van der Waals surface area contributed by atoms with Crippen LogP contribution in [0.5, 0.6) is 0 Å². The molecule has 4 heteroatoms. The van der Waals surface area contributed by atoms with Crippen LogP contribution in [-0.2, 0) is 9.05 Å². The normalized spacial score (nSPS) is 11.2. The smallest absolute Gasteiger partial charge is 0.204 e. The molecule has 0 amide bonds. The third kappa shape index (κ3) is 4.11. The average Bonchev–Trinajstić information content (AvgIpc) is 2.50. The SMILES string of the molecule is CCOP(OCC)P(c1ccccc1)c1ccccc1. The molecule has 0 radical (unpaired) electrons. The van der Waals surface area contributed by atoms with Crippen LogP contribution in [0.2, 0.25) is 0 Å². The van der Waals surface area contributed by atoms with Crippen LogP contribution in [0.25, 0.3) is 0 Å². The highest BCUT2D eigenvalue weighted by Gasteiger charge is 2.26. The van der Waals surface area contributed by atoms with Crippen molar-refractivity contribution in [3.8, 4) is 0 Å². The molecule has 0 bridgehead atoms. The van der Waals surface area contributed by atoms with Gasteiger partial charge in [0.25, 0.3) is 0 Å². The van der Waals surface area contributed by atoms with Gasteiger partial charge >= 0.3 is 0 Å². The molecule has 0 N–H and O–H groups in total. The van der Waals surface area contributed by atoms with E-state index in [1.54, 1.807) is 0 Å². The highest BCUT2D eigenvalue weighted by molar-refractivity contribution is 8.32. The lowest BCUT2D eigenvalue weighted by Crippen LogP contribution is -2.12. The van der Waals surface area contributed by atoms with Crippen LogP contribution in [0.15, 0.2) is 60.7 Å². The number of benzene rings is 2. The van der Waals surface area contributed by atoms with Gasteiger partial charge in [0, 0.05) is 7.61 Å². The van der Waals surface area contributed by atoms with Crippen molar-refractivity contribution < 1.29 is 9.05 Å². The maximum atomic E-state index is 5.92. The van der Waals surface area contributed by atoms with Crippen LogP contribution >= 0.6 is 15.7 Å². The molecular formula is C16H20O2P2. The highest BCUT2D eigenvalue weighted by Crippen LogP contribution is 2.68. The van der Waals surface area contributed by atoms with E-state index in [1.807, 2.05) is 26.0 Å². The molecule has 2 aromatic rings. The molecule has 20 heavy (non-hydrogen) atoms. The summed E-state index contributed by atoms with van der Waals surface area (Å²) < 4.78 is 11.8. The molecule has 0 atom stereocenters. The largest absolute Gasteiger partial charge is 0.331 e. The summed E-state index contributed by atoms with van der Waals surface area (Å²) in [5, 5.41) is 2.61. The second-order valence-corrected chi connectivity index (χ2v) is 8.88. The van der Waals surface area contributed by atoms with E-state index in [2.05, 4.69) is 48.5 Å². The van der Waals surface area contributed by atoms with E-state index in [1.165, 1.54) is 10.6 Å². The van der Waals surface area contributed by atoms with Crippen molar-refractivity contribution in [3.63, 3.8) is 0 Å². The molecule has 0 aliphatic rings. The van der Waals surface area contributed by atoms with Crippen molar-refractivity contribution in [1.29, 1.82) is 0 Å². The minimum atomic E-state index is -0.912.